The maximum absolute atomic E-state index is 12.8. The lowest BCUT2D eigenvalue weighted by molar-refractivity contribution is 0.0955. The number of hydrogen-bond donors (Lipinski definition) is 1. The van der Waals surface area contributed by atoms with Crippen LogP contribution in [0, 0.1) is 6.92 Å². The van der Waals surface area contributed by atoms with E-state index in [4.69, 9.17) is 0 Å². The number of sulfonamides is 1. The summed E-state index contributed by atoms with van der Waals surface area (Å²) >= 11 is 1.54. The molecule has 1 amide bonds. The van der Waals surface area contributed by atoms with E-state index in [0.29, 0.717) is 17.0 Å². The molecule has 3 rings (SSSR count). The minimum Gasteiger partial charge on any atom is -0.269 e. The predicted octanol–water partition coefficient (Wildman–Crippen LogP) is 4.04. The molecule has 0 aliphatic carbocycles. The van der Waals surface area contributed by atoms with E-state index in [9.17, 15) is 13.2 Å². The highest BCUT2D eigenvalue weighted by atomic mass is 32.2. The van der Waals surface area contributed by atoms with E-state index >= 15 is 0 Å². The SMILES string of the molecule is C/C(=N/NC(=O)c1ccc(N(C)S(=O)(=O)c2ccc(C)cc2)cc1)c1cccs1. The molecule has 1 aromatic heterocycles. The Hall–Kier alpha value is -2.97. The number of amides is 1. The summed E-state index contributed by atoms with van der Waals surface area (Å²) in [5.74, 6) is -0.364. The molecule has 0 radical (unpaired) electrons. The van der Waals surface area contributed by atoms with Crippen LogP contribution in [-0.4, -0.2) is 27.1 Å². The zero-order valence-electron chi connectivity index (χ0n) is 16.3. The van der Waals surface area contributed by atoms with Crippen LogP contribution in [0.5, 0.6) is 0 Å². The number of hydrazone groups is 1. The van der Waals surface area contributed by atoms with Gasteiger partial charge in [0, 0.05) is 17.5 Å². The van der Waals surface area contributed by atoms with E-state index in [1.807, 2.05) is 31.4 Å². The van der Waals surface area contributed by atoms with Crippen molar-refractivity contribution in [2.75, 3.05) is 11.4 Å². The Morgan fingerprint density at radius 3 is 2.28 bits per heavy atom. The molecule has 0 bridgehead atoms. The normalized spacial score (nSPS) is 11.9. The summed E-state index contributed by atoms with van der Waals surface area (Å²) in [6.07, 6.45) is 0. The molecule has 6 nitrogen and oxygen atoms in total. The fourth-order valence-electron chi connectivity index (χ4n) is 2.57. The summed E-state index contributed by atoms with van der Waals surface area (Å²) in [6, 6.07) is 16.8. The molecular weight excluding hydrogens is 406 g/mol. The maximum atomic E-state index is 12.8. The number of nitrogens with one attached hydrogen (secondary N) is 1. The van der Waals surface area contributed by atoms with Gasteiger partial charge < -0.3 is 0 Å². The molecule has 8 heteroatoms. The largest absolute Gasteiger partial charge is 0.271 e. The van der Waals surface area contributed by atoms with E-state index in [1.54, 1.807) is 59.9 Å². The number of anilines is 1. The van der Waals surface area contributed by atoms with Gasteiger partial charge in [0.25, 0.3) is 15.9 Å². The molecule has 0 aliphatic rings. The smallest absolute Gasteiger partial charge is 0.269 e. The minimum atomic E-state index is -3.68. The number of aryl methyl sites for hydroxylation is 1. The standard InChI is InChI=1S/C21H21N3O3S2/c1-15-6-12-19(13-7-15)29(26,27)24(3)18-10-8-17(9-11-18)21(25)23-22-16(2)20-5-4-14-28-20/h4-14H,1-3H3,(H,23,25)/b22-16-. The number of thiophene rings is 1. The minimum absolute atomic E-state index is 0.214. The van der Waals surface area contributed by atoms with Crippen molar-refractivity contribution in [2.24, 2.45) is 5.10 Å². The van der Waals surface area contributed by atoms with Gasteiger partial charge in [0.1, 0.15) is 0 Å². The van der Waals surface area contributed by atoms with Gasteiger partial charge in [-0.2, -0.15) is 5.10 Å². The molecule has 1 heterocycles. The molecule has 0 unspecified atom stereocenters. The Balaban J connectivity index is 1.73. The number of carbonyl (C=O) groups excluding carboxylic acids is 1. The van der Waals surface area contributed by atoms with Crippen molar-refractivity contribution in [3.8, 4) is 0 Å². The van der Waals surface area contributed by atoms with E-state index in [0.717, 1.165) is 10.4 Å². The molecule has 150 valence electrons. The third-order valence-corrected chi connectivity index (χ3v) is 7.15. The van der Waals surface area contributed by atoms with Crippen LogP contribution in [0.3, 0.4) is 0 Å². The van der Waals surface area contributed by atoms with Crippen LogP contribution < -0.4 is 9.73 Å². The first kappa shape index (κ1) is 20.8. The van der Waals surface area contributed by atoms with Crippen molar-refractivity contribution in [1.82, 2.24) is 5.43 Å². The average molecular weight is 428 g/mol. The van der Waals surface area contributed by atoms with Crippen LogP contribution in [0.1, 0.15) is 27.7 Å². The summed E-state index contributed by atoms with van der Waals surface area (Å²) in [7, 11) is -2.19. The molecule has 2 aromatic carbocycles. The van der Waals surface area contributed by atoms with Gasteiger partial charge in [0.15, 0.2) is 0 Å². The number of benzene rings is 2. The molecule has 0 atom stereocenters. The Labute approximate surface area is 174 Å². The molecule has 0 spiro atoms. The summed E-state index contributed by atoms with van der Waals surface area (Å²) in [4.78, 5) is 13.5. The Morgan fingerprint density at radius 1 is 1.03 bits per heavy atom. The molecule has 0 saturated carbocycles. The summed E-state index contributed by atoms with van der Waals surface area (Å²) in [6.45, 7) is 3.72. The molecule has 0 aliphatic heterocycles. The molecule has 1 N–H and O–H groups in total. The van der Waals surface area contributed by atoms with Crippen molar-refractivity contribution >= 4 is 38.7 Å². The fourth-order valence-corrected chi connectivity index (χ4v) is 4.44. The lowest BCUT2D eigenvalue weighted by Crippen LogP contribution is -2.26. The second kappa shape index (κ2) is 8.59. The van der Waals surface area contributed by atoms with Crippen LogP contribution in [-0.2, 0) is 10.0 Å². The topological polar surface area (TPSA) is 78.8 Å². The number of rotatable bonds is 6. The molecule has 0 saturated heterocycles. The van der Waals surface area contributed by atoms with E-state index in [2.05, 4.69) is 10.5 Å². The summed E-state index contributed by atoms with van der Waals surface area (Å²) in [5, 5.41) is 6.05. The van der Waals surface area contributed by atoms with Gasteiger partial charge in [0.2, 0.25) is 0 Å². The zero-order chi connectivity index (χ0) is 21.0. The van der Waals surface area contributed by atoms with Gasteiger partial charge in [-0.3, -0.25) is 9.10 Å². The number of nitrogens with zero attached hydrogens (tertiary/aromatic N) is 2. The van der Waals surface area contributed by atoms with Crippen LogP contribution in [0.2, 0.25) is 0 Å². The molecular formula is C21H21N3O3S2. The predicted molar refractivity (Wildman–Crippen MR) is 117 cm³/mol. The summed E-state index contributed by atoms with van der Waals surface area (Å²) < 4.78 is 26.8. The van der Waals surface area contributed by atoms with Crippen LogP contribution in [0.4, 0.5) is 5.69 Å². The first-order valence-corrected chi connectivity index (χ1v) is 11.1. The third kappa shape index (κ3) is 4.72. The van der Waals surface area contributed by atoms with E-state index in [-0.39, 0.29) is 10.8 Å². The van der Waals surface area contributed by atoms with Gasteiger partial charge in [-0.1, -0.05) is 23.8 Å². The lowest BCUT2D eigenvalue weighted by Gasteiger charge is -2.19. The fraction of sp³-hybridized carbons (Fsp3) is 0.143. The Bertz CT molecular complexity index is 1120. The molecule has 0 fully saturated rings. The molecule has 3 aromatic rings. The average Bonchev–Trinajstić information content (AvgIpc) is 3.26. The van der Waals surface area contributed by atoms with E-state index in [1.165, 1.54) is 11.4 Å². The van der Waals surface area contributed by atoms with Gasteiger partial charge in [-0.25, -0.2) is 13.8 Å². The second-order valence-corrected chi connectivity index (χ2v) is 9.36. The summed E-state index contributed by atoms with van der Waals surface area (Å²) in [5.41, 5.74) is 5.07. The van der Waals surface area contributed by atoms with Crippen LogP contribution >= 0.6 is 11.3 Å². The quantitative estimate of drug-likeness (QED) is 0.476. The first-order chi connectivity index (χ1) is 13.8. The zero-order valence-corrected chi connectivity index (χ0v) is 17.9. The molecule has 29 heavy (non-hydrogen) atoms. The highest BCUT2D eigenvalue weighted by Crippen LogP contribution is 2.22. The third-order valence-electron chi connectivity index (χ3n) is 4.38. The Morgan fingerprint density at radius 2 is 1.69 bits per heavy atom. The van der Waals surface area contributed by atoms with Crippen LogP contribution in [0.25, 0.3) is 0 Å². The number of carbonyl (C=O) groups is 1. The van der Waals surface area contributed by atoms with Crippen molar-refractivity contribution in [1.29, 1.82) is 0 Å². The Kier molecular flexibility index (Phi) is 6.14. The van der Waals surface area contributed by atoms with Gasteiger partial charge in [-0.05, 0) is 61.7 Å². The van der Waals surface area contributed by atoms with E-state index < -0.39 is 10.0 Å². The highest BCUT2D eigenvalue weighted by Gasteiger charge is 2.21. The second-order valence-electron chi connectivity index (χ2n) is 6.45. The van der Waals surface area contributed by atoms with Crippen molar-refractivity contribution in [3.05, 3.63) is 82.0 Å². The van der Waals surface area contributed by atoms with Gasteiger partial charge in [0.05, 0.1) is 16.3 Å². The maximum Gasteiger partial charge on any atom is 0.271 e. The number of hydrogen-bond acceptors (Lipinski definition) is 5. The van der Waals surface area contributed by atoms with Gasteiger partial charge >= 0.3 is 0 Å². The monoisotopic (exact) mass is 427 g/mol. The first-order valence-electron chi connectivity index (χ1n) is 8.83. The van der Waals surface area contributed by atoms with Gasteiger partial charge in [-0.15, -0.1) is 11.3 Å². The lowest BCUT2D eigenvalue weighted by atomic mass is 10.2. The highest BCUT2D eigenvalue weighted by molar-refractivity contribution is 7.92. The van der Waals surface area contributed by atoms with Crippen molar-refractivity contribution in [2.45, 2.75) is 18.7 Å². The van der Waals surface area contributed by atoms with Crippen molar-refractivity contribution < 1.29 is 13.2 Å². The van der Waals surface area contributed by atoms with Crippen molar-refractivity contribution in [3.63, 3.8) is 0 Å². The van der Waals surface area contributed by atoms with Crippen LogP contribution in [0.15, 0.2) is 76.0 Å².